The Bertz CT molecular complexity index is 845. The predicted molar refractivity (Wildman–Crippen MR) is 79.3 cm³/mol. The lowest BCUT2D eigenvalue weighted by atomic mass is 10.1. The van der Waals surface area contributed by atoms with Crippen molar-refractivity contribution >= 4 is 16.7 Å². The van der Waals surface area contributed by atoms with Crippen LogP contribution in [0.1, 0.15) is 17.0 Å². The predicted octanol–water partition coefficient (Wildman–Crippen LogP) is 3.49. The van der Waals surface area contributed by atoms with E-state index >= 15 is 0 Å². The molecule has 104 valence electrons. The summed E-state index contributed by atoms with van der Waals surface area (Å²) in [5, 5.41) is 12.1. The second kappa shape index (κ2) is 5.25. The first kappa shape index (κ1) is 13.1. The van der Waals surface area contributed by atoms with Gasteiger partial charge in [0.1, 0.15) is 17.7 Å². The van der Waals surface area contributed by atoms with Gasteiger partial charge in [-0.1, -0.05) is 6.07 Å². The molecule has 0 saturated carbocycles. The van der Waals surface area contributed by atoms with Crippen molar-refractivity contribution in [2.75, 3.05) is 5.32 Å². The molecule has 4 nitrogen and oxygen atoms in total. The van der Waals surface area contributed by atoms with Crippen LogP contribution in [-0.4, -0.2) is 9.97 Å². The Hall–Kier alpha value is -2.87. The van der Waals surface area contributed by atoms with E-state index in [1.807, 2.05) is 31.2 Å². The minimum Gasteiger partial charge on any atom is -0.381 e. The van der Waals surface area contributed by atoms with E-state index in [0.29, 0.717) is 6.54 Å². The average molecular weight is 280 g/mol. The third-order valence-electron chi connectivity index (χ3n) is 3.25. The monoisotopic (exact) mass is 280 g/mol. The molecule has 0 bridgehead atoms. The van der Waals surface area contributed by atoms with Gasteiger partial charge in [-0.3, -0.25) is 0 Å². The Balaban J connectivity index is 1.78. The van der Waals surface area contributed by atoms with Gasteiger partial charge in [-0.05, 0) is 42.8 Å². The second-order valence-corrected chi connectivity index (χ2v) is 4.83. The van der Waals surface area contributed by atoms with Crippen molar-refractivity contribution in [3.8, 4) is 6.07 Å². The van der Waals surface area contributed by atoms with Crippen LogP contribution in [0.5, 0.6) is 0 Å². The number of imidazole rings is 1. The van der Waals surface area contributed by atoms with Crippen LogP contribution >= 0.6 is 0 Å². The van der Waals surface area contributed by atoms with Gasteiger partial charge < -0.3 is 10.3 Å². The van der Waals surface area contributed by atoms with Gasteiger partial charge in [-0.25, -0.2) is 9.37 Å². The molecular formula is C16H13FN4. The van der Waals surface area contributed by atoms with Gasteiger partial charge in [0.2, 0.25) is 0 Å². The summed E-state index contributed by atoms with van der Waals surface area (Å²) in [6, 6.07) is 12.2. The average Bonchev–Trinajstić information content (AvgIpc) is 2.85. The molecule has 0 amide bonds. The van der Waals surface area contributed by atoms with Crippen LogP contribution in [0.2, 0.25) is 0 Å². The molecule has 3 aromatic rings. The summed E-state index contributed by atoms with van der Waals surface area (Å²) in [6.07, 6.45) is 0. The Labute approximate surface area is 121 Å². The Morgan fingerprint density at radius 3 is 2.95 bits per heavy atom. The van der Waals surface area contributed by atoms with Crippen molar-refractivity contribution in [1.82, 2.24) is 9.97 Å². The van der Waals surface area contributed by atoms with E-state index in [-0.39, 0.29) is 5.56 Å². The third kappa shape index (κ3) is 2.70. The first-order valence-corrected chi connectivity index (χ1v) is 6.54. The lowest BCUT2D eigenvalue weighted by Gasteiger charge is -2.07. The van der Waals surface area contributed by atoms with Crippen molar-refractivity contribution in [3.05, 3.63) is 59.2 Å². The van der Waals surface area contributed by atoms with E-state index in [4.69, 9.17) is 5.26 Å². The molecule has 2 aromatic carbocycles. The molecule has 0 atom stereocenters. The zero-order chi connectivity index (χ0) is 14.8. The Morgan fingerprint density at radius 2 is 2.14 bits per heavy atom. The molecule has 0 aliphatic rings. The number of rotatable bonds is 3. The van der Waals surface area contributed by atoms with Crippen molar-refractivity contribution < 1.29 is 4.39 Å². The van der Waals surface area contributed by atoms with E-state index in [0.717, 1.165) is 28.1 Å². The number of aryl methyl sites for hydroxylation is 1. The summed E-state index contributed by atoms with van der Waals surface area (Å²) in [7, 11) is 0. The van der Waals surface area contributed by atoms with Crippen LogP contribution in [0.15, 0.2) is 36.4 Å². The summed E-state index contributed by atoms with van der Waals surface area (Å²) in [5.41, 5.74) is 3.75. The molecule has 0 aliphatic heterocycles. The number of halogens is 1. The van der Waals surface area contributed by atoms with Gasteiger partial charge in [0.15, 0.2) is 0 Å². The van der Waals surface area contributed by atoms with E-state index in [1.165, 1.54) is 6.07 Å². The molecule has 5 heteroatoms. The molecule has 1 heterocycles. The number of H-pyrrole nitrogens is 1. The molecule has 0 unspecified atom stereocenters. The molecule has 1 aromatic heterocycles. The largest absolute Gasteiger partial charge is 0.381 e. The van der Waals surface area contributed by atoms with E-state index in [2.05, 4.69) is 15.3 Å². The highest BCUT2D eigenvalue weighted by Gasteiger charge is 2.04. The minimum atomic E-state index is -0.490. The SMILES string of the molecule is Cc1nc2ccc(NCc3ccc(F)c(C#N)c3)cc2[nH]1. The lowest BCUT2D eigenvalue weighted by molar-refractivity contribution is 0.623. The fraction of sp³-hybridized carbons (Fsp3) is 0.125. The zero-order valence-corrected chi connectivity index (χ0v) is 11.4. The van der Waals surface area contributed by atoms with E-state index in [1.54, 1.807) is 12.1 Å². The molecule has 0 fully saturated rings. The summed E-state index contributed by atoms with van der Waals surface area (Å²) in [5.74, 6) is 0.384. The van der Waals surface area contributed by atoms with Gasteiger partial charge in [0.05, 0.1) is 16.6 Å². The highest BCUT2D eigenvalue weighted by Crippen LogP contribution is 2.18. The summed E-state index contributed by atoms with van der Waals surface area (Å²) in [4.78, 5) is 7.52. The summed E-state index contributed by atoms with van der Waals surface area (Å²) < 4.78 is 13.3. The van der Waals surface area contributed by atoms with Gasteiger partial charge in [-0.2, -0.15) is 5.26 Å². The van der Waals surface area contributed by atoms with Crippen molar-refractivity contribution in [2.24, 2.45) is 0 Å². The maximum absolute atomic E-state index is 13.3. The Kier molecular flexibility index (Phi) is 3.28. The first-order chi connectivity index (χ1) is 10.2. The van der Waals surface area contributed by atoms with Crippen molar-refractivity contribution in [1.29, 1.82) is 5.26 Å². The van der Waals surface area contributed by atoms with Crippen LogP contribution in [0.4, 0.5) is 10.1 Å². The molecule has 2 N–H and O–H groups in total. The molecule has 3 rings (SSSR count). The Morgan fingerprint density at radius 1 is 1.29 bits per heavy atom. The molecule has 0 spiro atoms. The standard InChI is InChI=1S/C16H13FN4/c1-10-20-15-5-3-13(7-16(15)21-10)19-9-11-2-4-14(17)12(6-11)8-18/h2-7,19H,9H2,1H3,(H,20,21). The molecule has 0 saturated heterocycles. The molecular weight excluding hydrogens is 267 g/mol. The van der Waals surface area contributed by atoms with Crippen LogP contribution < -0.4 is 5.32 Å². The van der Waals surface area contributed by atoms with Gasteiger partial charge >= 0.3 is 0 Å². The van der Waals surface area contributed by atoms with Crippen LogP contribution in [0.3, 0.4) is 0 Å². The first-order valence-electron chi connectivity index (χ1n) is 6.54. The number of nitrogens with zero attached hydrogens (tertiary/aromatic N) is 2. The number of nitrogens with one attached hydrogen (secondary N) is 2. The maximum Gasteiger partial charge on any atom is 0.140 e. The van der Waals surface area contributed by atoms with Crippen LogP contribution in [0.25, 0.3) is 11.0 Å². The quantitative estimate of drug-likeness (QED) is 0.771. The van der Waals surface area contributed by atoms with E-state index in [9.17, 15) is 4.39 Å². The number of aromatic nitrogens is 2. The van der Waals surface area contributed by atoms with Gasteiger partial charge in [0.25, 0.3) is 0 Å². The smallest absolute Gasteiger partial charge is 0.140 e. The lowest BCUT2D eigenvalue weighted by Crippen LogP contribution is -2.00. The molecule has 0 aliphatic carbocycles. The topological polar surface area (TPSA) is 64.5 Å². The van der Waals surface area contributed by atoms with Crippen molar-refractivity contribution in [3.63, 3.8) is 0 Å². The number of benzene rings is 2. The summed E-state index contributed by atoms with van der Waals surface area (Å²) >= 11 is 0. The maximum atomic E-state index is 13.3. The fourth-order valence-electron chi connectivity index (χ4n) is 2.22. The van der Waals surface area contributed by atoms with E-state index < -0.39 is 5.82 Å². The number of nitriles is 1. The fourth-order valence-corrected chi connectivity index (χ4v) is 2.22. The number of aromatic amines is 1. The number of hydrogen-bond acceptors (Lipinski definition) is 3. The highest BCUT2D eigenvalue weighted by atomic mass is 19.1. The summed E-state index contributed by atoms with van der Waals surface area (Å²) in [6.45, 7) is 2.43. The van der Waals surface area contributed by atoms with Crippen LogP contribution in [-0.2, 0) is 6.54 Å². The van der Waals surface area contributed by atoms with Gasteiger partial charge in [0, 0.05) is 12.2 Å². The number of anilines is 1. The normalized spacial score (nSPS) is 10.5. The highest BCUT2D eigenvalue weighted by molar-refractivity contribution is 5.79. The van der Waals surface area contributed by atoms with Crippen molar-refractivity contribution in [2.45, 2.75) is 13.5 Å². The minimum absolute atomic E-state index is 0.0638. The zero-order valence-electron chi connectivity index (χ0n) is 11.4. The van der Waals surface area contributed by atoms with Gasteiger partial charge in [-0.15, -0.1) is 0 Å². The molecule has 21 heavy (non-hydrogen) atoms. The second-order valence-electron chi connectivity index (χ2n) is 4.83. The van der Waals surface area contributed by atoms with Crippen LogP contribution in [0, 0.1) is 24.1 Å². The number of hydrogen-bond donors (Lipinski definition) is 2. The number of fused-ring (bicyclic) bond motifs is 1. The third-order valence-corrected chi connectivity index (χ3v) is 3.25. The molecule has 0 radical (unpaired) electrons.